The molecule has 1 aliphatic carbocycles. The van der Waals surface area contributed by atoms with E-state index in [0.717, 1.165) is 29.8 Å². The molecule has 3 heterocycles. The zero-order valence-corrected chi connectivity index (χ0v) is 13.4. The third-order valence-corrected chi connectivity index (χ3v) is 6.78. The van der Waals surface area contributed by atoms with E-state index in [0.29, 0.717) is 18.2 Å². The van der Waals surface area contributed by atoms with E-state index in [1.807, 2.05) is 12.1 Å². The molecule has 0 N–H and O–H groups in total. The highest BCUT2D eigenvalue weighted by Gasteiger charge is 2.34. The summed E-state index contributed by atoms with van der Waals surface area (Å²) in [7, 11) is -2.90. The summed E-state index contributed by atoms with van der Waals surface area (Å²) in [6, 6.07) is 4.30. The summed E-state index contributed by atoms with van der Waals surface area (Å²) >= 11 is 0. The van der Waals surface area contributed by atoms with Gasteiger partial charge in [0.2, 0.25) is 0 Å². The Hall–Kier alpha value is -1.43. The van der Waals surface area contributed by atoms with Crippen LogP contribution in [-0.4, -0.2) is 34.5 Å². The van der Waals surface area contributed by atoms with Crippen LogP contribution in [0, 0.1) is 0 Å². The standard InChI is InChI=1S/C16H21N3O2S/c20-22(21)10-8-12(11-22)15-18-14-7-4-9-17-16(14)19(15)13-5-2-1-3-6-13/h4,7,9,12-13H,1-3,5-6,8,10-11H2. The van der Waals surface area contributed by atoms with Crippen LogP contribution in [0.2, 0.25) is 0 Å². The molecule has 1 aliphatic heterocycles. The van der Waals surface area contributed by atoms with E-state index in [1.165, 1.54) is 19.3 Å². The van der Waals surface area contributed by atoms with E-state index >= 15 is 0 Å². The monoisotopic (exact) mass is 319 g/mol. The molecule has 0 spiro atoms. The van der Waals surface area contributed by atoms with Gasteiger partial charge in [0, 0.05) is 18.2 Å². The molecule has 6 heteroatoms. The predicted molar refractivity (Wildman–Crippen MR) is 85.7 cm³/mol. The first-order valence-corrected chi connectivity index (χ1v) is 9.99. The van der Waals surface area contributed by atoms with Crippen molar-refractivity contribution in [1.29, 1.82) is 0 Å². The van der Waals surface area contributed by atoms with Gasteiger partial charge in [-0.1, -0.05) is 19.3 Å². The van der Waals surface area contributed by atoms with Gasteiger partial charge in [0.15, 0.2) is 15.5 Å². The average Bonchev–Trinajstić information content (AvgIpc) is 3.08. The molecule has 2 aromatic heterocycles. The van der Waals surface area contributed by atoms with Gasteiger partial charge < -0.3 is 4.57 Å². The summed E-state index contributed by atoms with van der Waals surface area (Å²) in [5, 5.41) is 0. The van der Waals surface area contributed by atoms with Crippen molar-refractivity contribution >= 4 is 21.0 Å². The van der Waals surface area contributed by atoms with Gasteiger partial charge in [0.25, 0.3) is 0 Å². The molecule has 2 aliphatic rings. The fourth-order valence-electron chi connectivity index (χ4n) is 3.93. The van der Waals surface area contributed by atoms with Crippen molar-refractivity contribution in [3.8, 4) is 0 Å². The molecule has 4 rings (SSSR count). The number of sulfone groups is 1. The highest BCUT2D eigenvalue weighted by molar-refractivity contribution is 7.91. The maximum absolute atomic E-state index is 11.9. The Labute approximate surface area is 130 Å². The van der Waals surface area contributed by atoms with Crippen LogP contribution >= 0.6 is 0 Å². The van der Waals surface area contributed by atoms with Gasteiger partial charge in [-0.15, -0.1) is 0 Å². The van der Waals surface area contributed by atoms with Gasteiger partial charge in [-0.25, -0.2) is 18.4 Å². The number of aromatic nitrogens is 3. The number of pyridine rings is 1. The van der Waals surface area contributed by atoms with Crippen molar-refractivity contribution in [2.75, 3.05) is 11.5 Å². The van der Waals surface area contributed by atoms with E-state index in [-0.39, 0.29) is 11.7 Å². The second-order valence-corrected chi connectivity index (χ2v) is 8.81. The molecule has 0 aromatic carbocycles. The fourth-order valence-corrected chi connectivity index (χ4v) is 5.67. The van der Waals surface area contributed by atoms with Crippen LogP contribution in [0.3, 0.4) is 0 Å². The van der Waals surface area contributed by atoms with E-state index in [4.69, 9.17) is 4.98 Å². The second kappa shape index (κ2) is 5.33. The number of hydrogen-bond donors (Lipinski definition) is 0. The molecule has 1 unspecified atom stereocenters. The number of fused-ring (bicyclic) bond motifs is 1. The summed E-state index contributed by atoms with van der Waals surface area (Å²) in [6.07, 6.45) is 8.56. The summed E-state index contributed by atoms with van der Waals surface area (Å²) in [4.78, 5) is 9.31. The first kappa shape index (κ1) is 14.2. The molecule has 0 bridgehead atoms. The quantitative estimate of drug-likeness (QED) is 0.854. The fraction of sp³-hybridized carbons (Fsp3) is 0.625. The summed E-state index contributed by atoms with van der Waals surface area (Å²) < 4.78 is 26.0. The second-order valence-electron chi connectivity index (χ2n) is 6.58. The normalized spacial score (nSPS) is 25.7. The van der Waals surface area contributed by atoms with Gasteiger partial charge in [0.05, 0.1) is 11.5 Å². The molecule has 1 saturated heterocycles. The Bertz CT molecular complexity index is 791. The largest absolute Gasteiger partial charge is 0.309 e. The first-order valence-electron chi connectivity index (χ1n) is 8.17. The van der Waals surface area contributed by atoms with Gasteiger partial charge in [0.1, 0.15) is 11.3 Å². The maximum atomic E-state index is 11.9. The Morgan fingerprint density at radius 3 is 2.68 bits per heavy atom. The lowest BCUT2D eigenvalue weighted by Crippen LogP contribution is -2.18. The predicted octanol–water partition coefficient (Wildman–Crippen LogP) is 2.84. The van der Waals surface area contributed by atoms with Crippen molar-refractivity contribution in [2.24, 2.45) is 0 Å². The Morgan fingerprint density at radius 2 is 1.95 bits per heavy atom. The number of rotatable bonds is 2. The lowest BCUT2D eigenvalue weighted by Gasteiger charge is -2.26. The average molecular weight is 319 g/mol. The van der Waals surface area contributed by atoms with Crippen LogP contribution in [-0.2, 0) is 9.84 Å². The van der Waals surface area contributed by atoms with Crippen molar-refractivity contribution in [3.05, 3.63) is 24.2 Å². The Morgan fingerprint density at radius 1 is 1.14 bits per heavy atom. The summed E-state index contributed by atoms with van der Waals surface area (Å²) in [6.45, 7) is 0. The molecule has 2 fully saturated rings. The molecular weight excluding hydrogens is 298 g/mol. The van der Waals surface area contributed by atoms with Gasteiger partial charge in [-0.3, -0.25) is 0 Å². The van der Waals surface area contributed by atoms with Gasteiger partial charge >= 0.3 is 0 Å². The molecule has 2 aromatic rings. The maximum Gasteiger partial charge on any atom is 0.160 e. The Balaban J connectivity index is 1.82. The summed E-state index contributed by atoms with van der Waals surface area (Å²) in [5.74, 6) is 1.50. The van der Waals surface area contributed by atoms with E-state index in [2.05, 4.69) is 9.55 Å². The molecule has 0 radical (unpaired) electrons. The lowest BCUT2D eigenvalue weighted by atomic mass is 9.94. The van der Waals surface area contributed by atoms with Crippen LogP contribution in [0.15, 0.2) is 18.3 Å². The first-order chi connectivity index (χ1) is 10.6. The zero-order chi connectivity index (χ0) is 15.2. The summed E-state index contributed by atoms with van der Waals surface area (Å²) in [5.41, 5.74) is 1.82. The molecule has 1 atom stereocenters. The molecule has 22 heavy (non-hydrogen) atoms. The number of imidazole rings is 1. The topological polar surface area (TPSA) is 64.8 Å². The third-order valence-electron chi connectivity index (χ3n) is 5.01. The van der Waals surface area contributed by atoms with Crippen LogP contribution in [0.1, 0.15) is 56.3 Å². The minimum absolute atomic E-state index is 0.0288. The van der Waals surface area contributed by atoms with Crippen molar-refractivity contribution < 1.29 is 8.42 Å². The van der Waals surface area contributed by atoms with E-state index in [9.17, 15) is 8.42 Å². The van der Waals surface area contributed by atoms with E-state index < -0.39 is 9.84 Å². The highest BCUT2D eigenvalue weighted by Crippen LogP contribution is 2.36. The lowest BCUT2D eigenvalue weighted by molar-refractivity contribution is 0.347. The van der Waals surface area contributed by atoms with Crippen LogP contribution in [0.4, 0.5) is 0 Å². The van der Waals surface area contributed by atoms with E-state index in [1.54, 1.807) is 6.20 Å². The third kappa shape index (κ3) is 2.43. The number of hydrogen-bond acceptors (Lipinski definition) is 4. The Kier molecular flexibility index (Phi) is 3.44. The molecule has 118 valence electrons. The smallest absolute Gasteiger partial charge is 0.160 e. The van der Waals surface area contributed by atoms with Crippen molar-refractivity contribution in [2.45, 2.75) is 50.5 Å². The minimum atomic E-state index is -2.90. The van der Waals surface area contributed by atoms with Gasteiger partial charge in [-0.2, -0.15) is 0 Å². The highest BCUT2D eigenvalue weighted by atomic mass is 32.2. The number of nitrogens with zero attached hydrogens (tertiary/aromatic N) is 3. The van der Waals surface area contributed by atoms with Gasteiger partial charge in [-0.05, 0) is 31.4 Å². The van der Waals surface area contributed by atoms with Crippen molar-refractivity contribution in [3.63, 3.8) is 0 Å². The molecular formula is C16H21N3O2S. The van der Waals surface area contributed by atoms with Crippen LogP contribution in [0.25, 0.3) is 11.2 Å². The molecule has 0 amide bonds. The molecule has 5 nitrogen and oxygen atoms in total. The SMILES string of the molecule is O=S1(=O)CCC(c2nc3cccnc3n2C2CCCCC2)C1. The van der Waals surface area contributed by atoms with Crippen LogP contribution < -0.4 is 0 Å². The van der Waals surface area contributed by atoms with Crippen molar-refractivity contribution in [1.82, 2.24) is 14.5 Å². The minimum Gasteiger partial charge on any atom is -0.309 e. The molecule has 1 saturated carbocycles. The van der Waals surface area contributed by atoms with Crippen LogP contribution in [0.5, 0.6) is 0 Å². The zero-order valence-electron chi connectivity index (χ0n) is 12.6.